The average molecular weight is 261 g/mol. The standard InChI is InChI=1S/C9H13BrN2S/c1-12(9-11-2-3-13-9)6-7-4-8(10)5-7/h2-3,7-8H,4-6H2,1H3. The van der Waals surface area contributed by atoms with E-state index in [0.29, 0.717) is 0 Å². The van der Waals surface area contributed by atoms with Gasteiger partial charge in [-0.2, -0.15) is 0 Å². The number of anilines is 1. The van der Waals surface area contributed by atoms with Gasteiger partial charge in [-0.15, -0.1) is 11.3 Å². The van der Waals surface area contributed by atoms with Crippen molar-refractivity contribution in [1.29, 1.82) is 0 Å². The Bertz CT molecular complexity index is 257. The van der Waals surface area contributed by atoms with Crippen LogP contribution in [0.15, 0.2) is 11.6 Å². The van der Waals surface area contributed by atoms with Gasteiger partial charge in [0.05, 0.1) is 0 Å². The molecule has 1 aromatic heterocycles. The van der Waals surface area contributed by atoms with Crippen LogP contribution in [0.5, 0.6) is 0 Å². The van der Waals surface area contributed by atoms with Crippen LogP contribution in [-0.4, -0.2) is 23.4 Å². The monoisotopic (exact) mass is 260 g/mol. The third-order valence-electron chi connectivity index (χ3n) is 2.46. The topological polar surface area (TPSA) is 16.1 Å². The molecule has 0 aliphatic heterocycles. The van der Waals surface area contributed by atoms with Crippen LogP contribution in [0.1, 0.15) is 12.8 Å². The van der Waals surface area contributed by atoms with Gasteiger partial charge in [0.25, 0.3) is 0 Å². The van der Waals surface area contributed by atoms with Crippen LogP contribution in [-0.2, 0) is 0 Å². The third-order valence-corrected chi connectivity index (χ3v) is 4.09. The molecule has 1 saturated carbocycles. The summed E-state index contributed by atoms with van der Waals surface area (Å²) in [6.45, 7) is 1.15. The molecule has 0 saturated heterocycles. The second-order valence-corrected chi connectivity index (χ2v) is 5.80. The second-order valence-electron chi connectivity index (χ2n) is 3.63. The molecule has 0 radical (unpaired) electrons. The molecule has 0 N–H and O–H groups in total. The molecule has 13 heavy (non-hydrogen) atoms. The summed E-state index contributed by atoms with van der Waals surface area (Å²) in [5.41, 5.74) is 0. The van der Waals surface area contributed by atoms with Gasteiger partial charge in [-0.3, -0.25) is 0 Å². The van der Waals surface area contributed by atoms with Crippen LogP contribution in [0, 0.1) is 5.92 Å². The van der Waals surface area contributed by atoms with Gasteiger partial charge < -0.3 is 4.90 Å². The van der Waals surface area contributed by atoms with Gasteiger partial charge in [0.2, 0.25) is 0 Å². The Balaban J connectivity index is 1.82. The summed E-state index contributed by atoms with van der Waals surface area (Å²) >= 11 is 5.32. The van der Waals surface area contributed by atoms with E-state index >= 15 is 0 Å². The lowest BCUT2D eigenvalue weighted by molar-refractivity contribution is 0.339. The van der Waals surface area contributed by atoms with E-state index in [9.17, 15) is 0 Å². The molecule has 2 rings (SSSR count). The molecule has 2 nitrogen and oxygen atoms in total. The summed E-state index contributed by atoms with van der Waals surface area (Å²) in [5.74, 6) is 0.860. The number of alkyl halides is 1. The first kappa shape index (κ1) is 9.46. The number of rotatable bonds is 3. The van der Waals surface area contributed by atoms with Crippen molar-refractivity contribution in [2.75, 3.05) is 18.5 Å². The van der Waals surface area contributed by atoms with Gasteiger partial charge in [0.1, 0.15) is 0 Å². The van der Waals surface area contributed by atoms with Crippen LogP contribution in [0.2, 0.25) is 0 Å². The smallest absolute Gasteiger partial charge is 0.184 e. The Kier molecular flexibility index (Phi) is 2.89. The molecule has 4 heteroatoms. The normalized spacial score (nSPS) is 26.9. The number of thiazole rings is 1. The Hall–Kier alpha value is -0.0900. The molecule has 0 amide bonds. The molecule has 0 spiro atoms. The van der Waals surface area contributed by atoms with Gasteiger partial charge in [-0.25, -0.2) is 4.98 Å². The van der Waals surface area contributed by atoms with Crippen molar-refractivity contribution < 1.29 is 0 Å². The van der Waals surface area contributed by atoms with Gasteiger partial charge in [-0.1, -0.05) is 15.9 Å². The predicted octanol–water partition coefficient (Wildman–Crippen LogP) is 2.75. The lowest BCUT2D eigenvalue weighted by Crippen LogP contribution is -2.34. The minimum Gasteiger partial charge on any atom is -0.351 e. The van der Waals surface area contributed by atoms with Crippen LogP contribution in [0.3, 0.4) is 0 Å². The first-order valence-electron chi connectivity index (χ1n) is 4.50. The summed E-state index contributed by atoms with van der Waals surface area (Å²) in [5, 5.41) is 3.16. The molecule has 72 valence electrons. The SMILES string of the molecule is CN(CC1CC(Br)C1)c1nccs1. The average Bonchev–Trinajstić information content (AvgIpc) is 2.53. The molecule has 1 aromatic rings. The minimum atomic E-state index is 0.766. The molecule has 1 heterocycles. The molecule has 0 aromatic carbocycles. The first-order valence-corrected chi connectivity index (χ1v) is 6.30. The Labute approximate surface area is 91.1 Å². The summed E-state index contributed by atoms with van der Waals surface area (Å²) in [6, 6.07) is 0. The maximum absolute atomic E-state index is 4.28. The highest BCUT2D eigenvalue weighted by atomic mass is 79.9. The zero-order valence-corrected chi connectivity index (χ0v) is 10.0. The zero-order valence-electron chi connectivity index (χ0n) is 7.61. The van der Waals surface area contributed by atoms with E-state index in [1.807, 2.05) is 11.6 Å². The fourth-order valence-corrected chi connectivity index (χ4v) is 3.35. The van der Waals surface area contributed by atoms with E-state index in [1.165, 1.54) is 12.8 Å². The van der Waals surface area contributed by atoms with E-state index in [-0.39, 0.29) is 0 Å². The van der Waals surface area contributed by atoms with Crippen molar-refractivity contribution in [1.82, 2.24) is 4.98 Å². The fourth-order valence-electron chi connectivity index (χ4n) is 1.67. The molecule has 0 unspecified atom stereocenters. The summed E-state index contributed by atoms with van der Waals surface area (Å²) < 4.78 is 0. The van der Waals surface area contributed by atoms with Crippen molar-refractivity contribution in [3.63, 3.8) is 0 Å². The maximum Gasteiger partial charge on any atom is 0.184 e. The Morgan fingerprint density at radius 1 is 1.69 bits per heavy atom. The van der Waals surface area contributed by atoms with Crippen molar-refractivity contribution in [3.8, 4) is 0 Å². The number of nitrogens with zero attached hydrogens (tertiary/aromatic N) is 2. The number of halogens is 1. The highest BCUT2D eigenvalue weighted by molar-refractivity contribution is 9.09. The van der Waals surface area contributed by atoms with Gasteiger partial charge in [-0.05, 0) is 18.8 Å². The number of aromatic nitrogens is 1. The molecule has 1 aliphatic carbocycles. The van der Waals surface area contributed by atoms with Crippen molar-refractivity contribution >= 4 is 32.4 Å². The zero-order chi connectivity index (χ0) is 9.26. The van der Waals surface area contributed by atoms with E-state index in [1.54, 1.807) is 11.3 Å². The van der Waals surface area contributed by atoms with E-state index in [2.05, 4.69) is 32.9 Å². The second kappa shape index (κ2) is 3.96. The van der Waals surface area contributed by atoms with Crippen LogP contribution in [0.25, 0.3) is 0 Å². The van der Waals surface area contributed by atoms with Gasteiger partial charge in [0, 0.05) is 30.0 Å². The molecule has 1 fully saturated rings. The maximum atomic E-state index is 4.28. The van der Waals surface area contributed by atoms with Crippen LogP contribution < -0.4 is 4.90 Å². The lowest BCUT2D eigenvalue weighted by atomic mass is 9.85. The quantitative estimate of drug-likeness (QED) is 0.778. The predicted molar refractivity (Wildman–Crippen MR) is 60.8 cm³/mol. The third kappa shape index (κ3) is 2.23. The van der Waals surface area contributed by atoms with Crippen molar-refractivity contribution in [2.24, 2.45) is 5.92 Å². The summed E-state index contributed by atoms with van der Waals surface area (Å²) in [6.07, 6.45) is 4.50. The summed E-state index contributed by atoms with van der Waals surface area (Å²) in [4.78, 5) is 7.30. The Morgan fingerprint density at radius 2 is 2.46 bits per heavy atom. The van der Waals surface area contributed by atoms with E-state index in [0.717, 1.165) is 22.4 Å². The molecule has 0 bridgehead atoms. The van der Waals surface area contributed by atoms with Crippen LogP contribution >= 0.6 is 27.3 Å². The molecule has 0 atom stereocenters. The number of hydrogen-bond acceptors (Lipinski definition) is 3. The summed E-state index contributed by atoms with van der Waals surface area (Å²) in [7, 11) is 2.13. The fraction of sp³-hybridized carbons (Fsp3) is 0.667. The number of hydrogen-bond donors (Lipinski definition) is 0. The van der Waals surface area contributed by atoms with Crippen molar-refractivity contribution in [2.45, 2.75) is 17.7 Å². The highest BCUT2D eigenvalue weighted by Crippen LogP contribution is 2.34. The van der Waals surface area contributed by atoms with Crippen molar-refractivity contribution in [3.05, 3.63) is 11.6 Å². The van der Waals surface area contributed by atoms with Gasteiger partial charge in [0.15, 0.2) is 5.13 Å². The largest absolute Gasteiger partial charge is 0.351 e. The Morgan fingerprint density at radius 3 is 3.00 bits per heavy atom. The van der Waals surface area contributed by atoms with Crippen LogP contribution in [0.4, 0.5) is 5.13 Å². The highest BCUT2D eigenvalue weighted by Gasteiger charge is 2.27. The molecular weight excluding hydrogens is 248 g/mol. The molecule has 1 aliphatic rings. The van der Waals surface area contributed by atoms with E-state index in [4.69, 9.17) is 0 Å². The molecular formula is C9H13BrN2S. The first-order chi connectivity index (χ1) is 6.25. The lowest BCUT2D eigenvalue weighted by Gasteiger charge is -2.34. The van der Waals surface area contributed by atoms with Gasteiger partial charge >= 0.3 is 0 Å². The minimum absolute atomic E-state index is 0.766. The van der Waals surface area contributed by atoms with E-state index < -0.39 is 0 Å².